The zero-order chi connectivity index (χ0) is 13.1. The Kier molecular flexibility index (Phi) is 2.73. The molecule has 14 heteroatoms. The zero-order valence-corrected chi connectivity index (χ0v) is 8.25. The number of rotatable bonds is 5. The predicted molar refractivity (Wildman–Crippen MR) is 50.2 cm³/mol. The van der Waals surface area contributed by atoms with Gasteiger partial charge in [-0.05, 0) is 0 Å². The van der Waals surface area contributed by atoms with Gasteiger partial charge in [-0.3, -0.25) is 0 Å². The summed E-state index contributed by atoms with van der Waals surface area (Å²) in [6.45, 7) is 0. The molecular weight excluding hydrogens is 254 g/mol. The van der Waals surface area contributed by atoms with Crippen molar-refractivity contribution in [3.63, 3.8) is 0 Å². The van der Waals surface area contributed by atoms with E-state index in [-0.39, 0.29) is 11.7 Å². The van der Waals surface area contributed by atoms with Crippen LogP contribution < -0.4 is 10.9 Å². The second-order valence-corrected chi connectivity index (χ2v) is 2.72. The Morgan fingerprint density at radius 2 is 2.06 bits per heavy atom. The first-order valence-electron chi connectivity index (χ1n) is 4.19. The Bertz CT molecular complexity index is 547. The van der Waals surface area contributed by atoms with Gasteiger partial charge < -0.3 is 4.52 Å². The third kappa shape index (κ3) is 2.49. The molecule has 1 aliphatic rings. The van der Waals surface area contributed by atoms with Crippen molar-refractivity contribution in [1.82, 2.24) is 15.6 Å². The van der Waals surface area contributed by atoms with Crippen LogP contribution in [-0.2, 0) is 0 Å². The molecule has 0 bridgehead atoms. The smallest absolute Gasteiger partial charge is 0.309 e. The maximum atomic E-state index is 10.1. The van der Waals surface area contributed by atoms with Crippen molar-refractivity contribution in [2.75, 3.05) is 5.43 Å². The first-order valence-corrected chi connectivity index (χ1v) is 4.19. The lowest BCUT2D eigenvalue weighted by Crippen LogP contribution is -2.29. The molecular formula is C4H3N9O5. The molecule has 0 amide bonds. The second kappa shape index (κ2) is 4.36. The van der Waals surface area contributed by atoms with Crippen LogP contribution >= 0.6 is 0 Å². The summed E-state index contributed by atoms with van der Waals surface area (Å²) < 4.78 is 4.45. The summed E-state index contributed by atoms with van der Waals surface area (Å²) in [4.78, 5) is 27.4. The van der Waals surface area contributed by atoms with E-state index in [1.54, 1.807) is 10.9 Å². The summed E-state index contributed by atoms with van der Waals surface area (Å²) in [5.74, 6) is -0.328. The van der Waals surface area contributed by atoms with Gasteiger partial charge in [0.2, 0.25) is 11.7 Å². The average molecular weight is 257 g/mol. The first-order chi connectivity index (χ1) is 8.54. The number of azo groups is 1. The Labute approximate surface area is 96.0 Å². The van der Waals surface area contributed by atoms with Crippen LogP contribution in [0.4, 0.5) is 6.01 Å². The first kappa shape index (κ1) is 11.3. The van der Waals surface area contributed by atoms with E-state index < -0.39 is 22.4 Å². The number of anilines is 1. The van der Waals surface area contributed by atoms with Crippen molar-refractivity contribution in [3.05, 3.63) is 26.1 Å². The molecule has 1 atom stereocenters. The summed E-state index contributed by atoms with van der Waals surface area (Å²) in [6.07, 6.45) is -1.19. The van der Waals surface area contributed by atoms with Gasteiger partial charge in [0.15, 0.2) is 10.1 Å². The average Bonchev–Trinajstić information content (AvgIpc) is 2.85. The minimum absolute atomic E-state index is 0.144. The maximum absolute atomic E-state index is 10.1. The van der Waals surface area contributed by atoms with Crippen LogP contribution in [0.15, 0.2) is 19.7 Å². The van der Waals surface area contributed by atoms with Gasteiger partial charge in [-0.15, -0.1) is 10.2 Å². The van der Waals surface area contributed by atoms with Crippen LogP contribution in [0.25, 0.3) is 0 Å². The lowest BCUT2D eigenvalue weighted by Gasteiger charge is -1.94. The molecule has 0 fully saturated rings. The van der Waals surface area contributed by atoms with Crippen molar-refractivity contribution >= 4 is 11.9 Å². The van der Waals surface area contributed by atoms with Gasteiger partial charge in [0.1, 0.15) is 0 Å². The summed E-state index contributed by atoms with van der Waals surface area (Å²) in [5.41, 5.74) is 3.37. The summed E-state index contributed by atoms with van der Waals surface area (Å²) in [5, 5.41) is 28.6. The maximum Gasteiger partial charge on any atom is 0.379 e. The molecule has 0 saturated heterocycles. The molecule has 2 N–H and O–H groups in total. The van der Waals surface area contributed by atoms with Crippen LogP contribution in [0, 0.1) is 20.2 Å². The van der Waals surface area contributed by atoms with E-state index in [1.165, 1.54) is 0 Å². The van der Waals surface area contributed by atoms with E-state index >= 15 is 0 Å². The molecule has 0 saturated carbocycles. The van der Waals surface area contributed by atoms with Gasteiger partial charge in [0, 0.05) is 0 Å². The fourth-order valence-electron chi connectivity index (χ4n) is 0.966. The van der Waals surface area contributed by atoms with Gasteiger partial charge in [-0.1, -0.05) is 16.0 Å². The molecule has 2 heterocycles. The van der Waals surface area contributed by atoms with Gasteiger partial charge in [0.05, 0.1) is 0 Å². The quantitative estimate of drug-likeness (QED) is 0.489. The molecule has 14 nitrogen and oxygen atoms in total. The molecule has 94 valence electrons. The highest BCUT2D eigenvalue weighted by Gasteiger charge is 2.23. The van der Waals surface area contributed by atoms with Crippen LogP contribution in [0.5, 0.6) is 0 Å². The minimum atomic E-state index is -1.19. The number of aliphatic imine (C=N–C) groups is 1. The van der Waals surface area contributed by atoms with E-state index in [1.807, 2.05) is 0 Å². The largest absolute Gasteiger partial charge is 0.379 e. The monoisotopic (exact) mass is 257 g/mol. The van der Waals surface area contributed by atoms with Gasteiger partial charge in [0.25, 0.3) is 6.29 Å². The number of nitro groups is 2. The highest BCUT2D eigenvalue weighted by Crippen LogP contribution is 2.10. The second-order valence-electron chi connectivity index (χ2n) is 2.72. The van der Waals surface area contributed by atoms with E-state index in [0.29, 0.717) is 0 Å². The number of hydrazine groups is 2. The number of hydrogen-bond acceptors (Lipinski definition) is 10. The van der Waals surface area contributed by atoms with Gasteiger partial charge >= 0.3 is 6.01 Å². The van der Waals surface area contributed by atoms with E-state index in [0.717, 1.165) is 0 Å². The fourth-order valence-corrected chi connectivity index (χ4v) is 0.966. The van der Waals surface area contributed by atoms with E-state index in [2.05, 4.69) is 29.9 Å². The van der Waals surface area contributed by atoms with Crippen LogP contribution in [0.2, 0.25) is 0 Å². The van der Waals surface area contributed by atoms with Crippen molar-refractivity contribution < 1.29 is 14.6 Å². The highest BCUT2D eigenvalue weighted by molar-refractivity contribution is 5.96. The Morgan fingerprint density at radius 3 is 2.72 bits per heavy atom. The number of nitrogens with zero attached hydrogens (tertiary/aromatic N) is 7. The van der Waals surface area contributed by atoms with Gasteiger partial charge in [-0.2, -0.15) is 4.98 Å². The van der Waals surface area contributed by atoms with Crippen molar-refractivity contribution in [1.29, 1.82) is 0 Å². The van der Waals surface area contributed by atoms with Gasteiger partial charge in [-0.25, -0.2) is 25.2 Å². The number of amidine groups is 1. The molecule has 0 spiro atoms. The third-order valence-electron chi connectivity index (χ3n) is 1.54. The highest BCUT2D eigenvalue weighted by atomic mass is 16.7. The van der Waals surface area contributed by atoms with Crippen molar-refractivity contribution in [3.8, 4) is 0 Å². The topological polar surface area (TPSA) is 186 Å². The standard InChI is InChI=1S/C4H3N9O5/c14-12(15)9-3-5-1(7-8-3)2-6-4(18-11-2)10-13(16)17/h3,9H,(H,6,10,11). The zero-order valence-electron chi connectivity index (χ0n) is 8.25. The molecule has 18 heavy (non-hydrogen) atoms. The molecule has 1 unspecified atom stereocenters. The third-order valence-corrected chi connectivity index (χ3v) is 1.54. The lowest BCUT2D eigenvalue weighted by atomic mass is 10.6. The number of nitrogens with one attached hydrogen (secondary N) is 2. The normalized spacial score (nSPS) is 17.3. The molecule has 1 aliphatic heterocycles. The molecule has 0 aliphatic carbocycles. The fraction of sp³-hybridized carbons (Fsp3) is 0.250. The molecule has 0 aromatic carbocycles. The van der Waals surface area contributed by atoms with Crippen molar-refractivity contribution in [2.24, 2.45) is 15.2 Å². The molecule has 1 aromatic heterocycles. The summed E-state index contributed by atoms with van der Waals surface area (Å²) in [7, 11) is 0. The van der Waals surface area contributed by atoms with Crippen LogP contribution in [0.1, 0.15) is 5.82 Å². The number of aromatic nitrogens is 2. The molecule has 0 radical (unpaired) electrons. The predicted octanol–water partition coefficient (Wildman–Crippen LogP) is -1.05. The molecule has 2 rings (SSSR count). The van der Waals surface area contributed by atoms with E-state index in [9.17, 15) is 20.2 Å². The Balaban J connectivity index is 2.09. The van der Waals surface area contributed by atoms with E-state index in [4.69, 9.17) is 0 Å². The summed E-state index contributed by atoms with van der Waals surface area (Å²) in [6, 6.07) is -0.474. The van der Waals surface area contributed by atoms with Crippen molar-refractivity contribution in [2.45, 2.75) is 6.29 Å². The summed E-state index contributed by atoms with van der Waals surface area (Å²) >= 11 is 0. The number of hydrogen-bond donors (Lipinski definition) is 2. The SMILES string of the molecule is O=[N+]([O-])Nc1nc(C2=NC(N[N+](=O)[O-])N=N2)no1. The van der Waals surface area contributed by atoms with Crippen LogP contribution in [0.3, 0.4) is 0 Å². The Hall–Kier alpha value is -3.19. The minimum Gasteiger partial charge on any atom is -0.309 e. The lowest BCUT2D eigenvalue weighted by molar-refractivity contribution is -0.550. The molecule has 1 aromatic rings. The Morgan fingerprint density at radius 1 is 1.28 bits per heavy atom. The van der Waals surface area contributed by atoms with Crippen LogP contribution in [-0.4, -0.2) is 32.3 Å².